The molecule has 0 atom stereocenters. The number of unbranched alkanes of at least 4 members (excludes halogenated alkanes) is 3. The predicted octanol–water partition coefficient (Wildman–Crippen LogP) is 5.39. The van der Waals surface area contributed by atoms with Gasteiger partial charge in [0.25, 0.3) is 0 Å². The topological polar surface area (TPSA) is 20.3 Å². The summed E-state index contributed by atoms with van der Waals surface area (Å²) in [5.41, 5.74) is 1.32. The number of nitrogens with zero attached hydrogens (tertiary/aromatic N) is 1. The third kappa shape index (κ3) is 4.33. The van der Waals surface area contributed by atoms with Crippen LogP contribution in [-0.2, 0) is 6.54 Å². The monoisotopic (exact) mass is 443 g/mol. The van der Waals surface area contributed by atoms with E-state index < -0.39 is 18.4 Å². The van der Waals surface area contributed by atoms with Gasteiger partial charge in [0.2, 0.25) is 0 Å². The van der Waals surface area contributed by atoms with Crippen LogP contribution < -0.4 is 2.89 Å². The Bertz CT molecular complexity index is 504. The van der Waals surface area contributed by atoms with Crippen LogP contribution in [0.3, 0.4) is 0 Å². The molecule has 0 saturated heterocycles. The molecule has 0 N–H and O–H groups in total. The molecule has 1 aromatic rings. The fraction of sp³-hybridized carbons (Fsp3) is 0.737. The summed E-state index contributed by atoms with van der Waals surface area (Å²) in [5.74, 6) is 0.262. The van der Waals surface area contributed by atoms with Crippen LogP contribution in [0.25, 0.3) is 0 Å². The van der Waals surface area contributed by atoms with E-state index in [-0.39, 0.29) is 5.91 Å². The summed E-state index contributed by atoms with van der Waals surface area (Å²) < 4.78 is 6.19. The molecule has 23 heavy (non-hydrogen) atoms. The van der Waals surface area contributed by atoms with Crippen LogP contribution in [0.4, 0.5) is 0 Å². The maximum absolute atomic E-state index is 12.3. The van der Waals surface area contributed by atoms with Crippen molar-refractivity contribution in [2.45, 2.75) is 79.2 Å². The molecule has 0 aliphatic carbocycles. The van der Waals surface area contributed by atoms with Crippen molar-refractivity contribution in [2.24, 2.45) is 0 Å². The molecular weight excluding hydrogens is 409 g/mol. The summed E-state index contributed by atoms with van der Waals surface area (Å²) in [7, 11) is 1.93. The molecule has 0 saturated carbocycles. The van der Waals surface area contributed by atoms with Crippen LogP contribution in [0.5, 0.6) is 0 Å². The molecule has 0 bridgehead atoms. The molecule has 1 aliphatic rings. The zero-order valence-corrected chi connectivity index (χ0v) is 19.1. The first-order chi connectivity index (χ1) is 11.1. The minimum atomic E-state index is -2.33. The van der Waals surface area contributed by atoms with Gasteiger partial charge in [-0.2, -0.15) is 0 Å². The Labute approximate surface area is 150 Å². The van der Waals surface area contributed by atoms with Gasteiger partial charge in [-0.15, -0.1) is 0 Å². The first-order valence-corrected chi connectivity index (χ1v) is 17.8. The van der Waals surface area contributed by atoms with Crippen molar-refractivity contribution in [3.8, 4) is 0 Å². The fourth-order valence-electron chi connectivity index (χ4n) is 3.78. The molecule has 130 valence electrons. The molecule has 2 heterocycles. The quantitative estimate of drug-likeness (QED) is 0.445. The second-order valence-corrected chi connectivity index (χ2v) is 22.4. The summed E-state index contributed by atoms with van der Waals surface area (Å²) in [5, 5.41) is 0. The molecule has 0 aromatic carbocycles. The second kappa shape index (κ2) is 8.89. The van der Waals surface area contributed by atoms with Gasteiger partial charge in [0.05, 0.1) is 0 Å². The van der Waals surface area contributed by atoms with Crippen molar-refractivity contribution in [2.75, 3.05) is 7.05 Å². The van der Waals surface area contributed by atoms with Crippen molar-refractivity contribution >= 4 is 38.5 Å². The van der Waals surface area contributed by atoms with E-state index >= 15 is 0 Å². The Morgan fingerprint density at radius 3 is 2.00 bits per heavy atom. The SMILES string of the molecule is CCC[CH2][Sn]([CH2]CCC)([CH2]CCC)[c]1cc2c(s1)C(=O)N(C)C2. The Morgan fingerprint density at radius 2 is 1.57 bits per heavy atom. The number of thiophene rings is 1. The van der Waals surface area contributed by atoms with E-state index in [1.54, 1.807) is 2.89 Å². The number of carbonyl (C=O) groups is 1. The molecule has 1 aromatic heterocycles. The number of hydrogen-bond acceptors (Lipinski definition) is 2. The van der Waals surface area contributed by atoms with Gasteiger partial charge in [-0.25, -0.2) is 0 Å². The number of rotatable bonds is 10. The van der Waals surface area contributed by atoms with E-state index in [9.17, 15) is 4.79 Å². The molecule has 0 unspecified atom stereocenters. The van der Waals surface area contributed by atoms with E-state index in [4.69, 9.17) is 0 Å². The molecule has 0 fully saturated rings. The Kier molecular flexibility index (Phi) is 7.46. The van der Waals surface area contributed by atoms with Crippen LogP contribution in [-0.4, -0.2) is 36.2 Å². The predicted molar refractivity (Wildman–Crippen MR) is 105 cm³/mol. The molecule has 2 nitrogen and oxygen atoms in total. The zero-order valence-electron chi connectivity index (χ0n) is 15.4. The van der Waals surface area contributed by atoms with Crippen LogP contribution in [0.1, 0.15) is 74.5 Å². The van der Waals surface area contributed by atoms with Crippen molar-refractivity contribution in [1.29, 1.82) is 0 Å². The van der Waals surface area contributed by atoms with Gasteiger partial charge in [0.1, 0.15) is 0 Å². The summed E-state index contributed by atoms with van der Waals surface area (Å²) in [6.45, 7) is 7.80. The number of hydrogen-bond donors (Lipinski definition) is 0. The average molecular weight is 442 g/mol. The van der Waals surface area contributed by atoms with Crippen molar-refractivity contribution in [3.63, 3.8) is 0 Å². The normalized spacial score (nSPS) is 14.6. The van der Waals surface area contributed by atoms with E-state index in [0.717, 1.165) is 11.4 Å². The average Bonchev–Trinajstić information content (AvgIpc) is 3.08. The van der Waals surface area contributed by atoms with Gasteiger partial charge in [0, 0.05) is 0 Å². The first kappa shape index (κ1) is 19.3. The van der Waals surface area contributed by atoms with Crippen LogP contribution in [0, 0.1) is 0 Å². The van der Waals surface area contributed by atoms with E-state index in [0.29, 0.717) is 0 Å². The van der Waals surface area contributed by atoms with Gasteiger partial charge < -0.3 is 0 Å². The molecule has 0 spiro atoms. The minimum absolute atomic E-state index is 0.262. The van der Waals surface area contributed by atoms with Crippen LogP contribution in [0.15, 0.2) is 6.07 Å². The second-order valence-electron chi connectivity index (χ2n) is 7.22. The Morgan fingerprint density at radius 1 is 1.04 bits per heavy atom. The molecule has 1 amide bonds. The molecular formula is C19H33NOSSn. The maximum atomic E-state index is 12.3. The van der Waals surface area contributed by atoms with Crippen molar-refractivity contribution < 1.29 is 4.79 Å². The van der Waals surface area contributed by atoms with Gasteiger partial charge in [-0.3, -0.25) is 0 Å². The Hall–Kier alpha value is -0.0313. The summed E-state index contributed by atoms with van der Waals surface area (Å²) in [6, 6.07) is 2.47. The van der Waals surface area contributed by atoms with Crippen LogP contribution in [0.2, 0.25) is 13.3 Å². The van der Waals surface area contributed by atoms with E-state index in [1.165, 1.54) is 57.4 Å². The summed E-state index contributed by atoms with van der Waals surface area (Å²) in [6.07, 6.45) is 8.09. The van der Waals surface area contributed by atoms with Gasteiger partial charge in [-0.1, -0.05) is 0 Å². The van der Waals surface area contributed by atoms with Gasteiger partial charge in [-0.05, 0) is 0 Å². The fourth-order valence-corrected chi connectivity index (χ4v) is 24.1. The van der Waals surface area contributed by atoms with E-state index in [1.807, 2.05) is 23.3 Å². The van der Waals surface area contributed by atoms with Gasteiger partial charge in [0.15, 0.2) is 0 Å². The number of fused-ring (bicyclic) bond motifs is 1. The summed E-state index contributed by atoms with van der Waals surface area (Å²) in [4.78, 5) is 15.3. The van der Waals surface area contributed by atoms with Crippen LogP contribution >= 0.6 is 11.3 Å². The first-order valence-electron chi connectivity index (χ1n) is 9.46. The van der Waals surface area contributed by atoms with Crippen molar-refractivity contribution in [1.82, 2.24) is 4.90 Å². The van der Waals surface area contributed by atoms with Crippen molar-refractivity contribution in [3.05, 3.63) is 16.5 Å². The van der Waals surface area contributed by atoms with E-state index in [2.05, 4.69) is 26.8 Å². The number of amides is 1. The molecule has 2 rings (SSSR count). The van der Waals surface area contributed by atoms with Gasteiger partial charge >= 0.3 is 151 Å². The Balaban J connectivity index is 2.32. The molecule has 4 heteroatoms. The standard InChI is InChI=1S/C7H6NOS.3C4H9.Sn/c1-8-4-5-2-3-10-6(5)7(8)9;3*1-3-4-2;/h2H,4H2,1H3;3*1,3-4H2,2H3;. The third-order valence-electron chi connectivity index (χ3n) is 5.31. The third-order valence-corrected chi connectivity index (χ3v) is 24.7. The zero-order chi connectivity index (χ0) is 16.9. The molecule has 1 aliphatic heterocycles. The number of carbonyl (C=O) groups excluding carboxylic acids is 1. The molecule has 0 radical (unpaired) electrons. The summed E-state index contributed by atoms with van der Waals surface area (Å²) >= 11 is -0.431.